The first kappa shape index (κ1) is 18.9. The average Bonchev–Trinajstić information content (AvgIpc) is 3.22. The highest BCUT2D eigenvalue weighted by atomic mass is 16.5. The van der Waals surface area contributed by atoms with Gasteiger partial charge in [-0.05, 0) is 30.7 Å². The summed E-state index contributed by atoms with van der Waals surface area (Å²) >= 11 is 0. The maximum Gasteiger partial charge on any atom is 0.222 e. The molecule has 0 aromatic heterocycles. The zero-order chi connectivity index (χ0) is 18.7. The van der Waals surface area contributed by atoms with Gasteiger partial charge >= 0.3 is 0 Å². The van der Waals surface area contributed by atoms with Crippen molar-refractivity contribution in [1.82, 2.24) is 9.80 Å². The Labute approximate surface area is 162 Å². The van der Waals surface area contributed by atoms with Gasteiger partial charge in [-0.1, -0.05) is 43.2 Å². The van der Waals surface area contributed by atoms with Crippen LogP contribution in [0.2, 0.25) is 0 Å². The van der Waals surface area contributed by atoms with Crippen LogP contribution in [0.1, 0.15) is 44.1 Å². The monoisotopic (exact) mass is 372 g/mol. The van der Waals surface area contributed by atoms with Crippen LogP contribution >= 0.6 is 0 Å². The van der Waals surface area contributed by atoms with Crippen molar-refractivity contribution in [2.24, 2.45) is 5.92 Å². The van der Waals surface area contributed by atoms with E-state index in [0.717, 1.165) is 18.7 Å². The molecular formula is C22H32N2O3. The number of piperidine rings is 1. The van der Waals surface area contributed by atoms with Gasteiger partial charge in [0.1, 0.15) is 5.60 Å². The quantitative estimate of drug-likeness (QED) is 0.882. The molecule has 1 aliphatic carbocycles. The van der Waals surface area contributed by atoms with E-state index in [4.69, 9.17) is 4.74 Å². The predicted molar refractivity (Wildman–Crippen MR) is 104 cm³/mol. The highest BCUT2D eigenvalue weighted by Gasteiger charge is 2.47. The Kier molecular flexibility index (Phi) is 5.81. The maximum absolute atomic E-state index is 12.9. The van der Waals surface area contributed by atoms with Crippen LogP contribution in [0.3, 0.4) is 0 Å². The lowest BCUT2D eigenvalue weighted by Gasteiger charge is -2.50. The van der Waals surface area contributed by atoms with Gasteiger partial charge in [0.2, 0.25) is 5.91 Å². The molecule has 2 heterocycles. The van der Waals surface area contributed by atoms with E-state index in [0.29, 0.717) is 45.1 Å². The summed E-state index contributed by atoms with van der Waals surface area (Å²) in [6.45, 7) is 4.25. The van der Waals surface area contributed by atoms with Gasteiger partial charge < -0.3 is 14.7 Å². The number of aliphatic hydroxyl groups is 1. The highest BCUT2D eigenvalue weighted by molar-refractivity contribution is 5.76. The number of benzene rings is 1. The molecule has 2 saturated heterocycles. The van der Waals surface area contributed by atoms with Crippen LogP contribution in [0.5, 0.6) is 0 Å². The van der Waals surface area contributed by atoms with Gasteiger partial charge in [0.05, 0.1) is 19.3 Å². The highest BCUT2D eigenvalue weighted by Crippen LogP contribution is 2.37. The second-order valence-electron chi connectivity index (χ2n) is 8.40. The standard InChI is InChI=1S/C22H32N2O3/c25-21(16-18-6-4-5-7-18)24-11-10-22(26,19-8-2-1-3-9-19)20(17-24)23-12-14-27-15-13-23/h1-3,8-9,18,20,26H,4-7,10-17H2/t20-,22+/m1/s1. The molecule has 0 radical (unpaired) electrons. The molecule has 3 aliphatic rings. The van der Waals surface area contributed by atoms with Crippen LogP contribution in [-0.2, 0) is 15.1 Å². The first-order valence-electron chi connectivity index (χ1n) is 10.5. The number of ether oxygens (including phenoxy) is 1. The van der Waals surface area contributed by atoms with E-state index in [1.807, 2.05) is 35.2 Å². The average molecular weight is 373 g/mol. The van der Waals surface area contributed by atoms with Gasteiger partial charge in [-0.25, -0.2) is 0 Å². The molecule has 1 aromatic carbocycles. The Morgan fingerprint density at radius 1 is 1.11 bits per heavy atom. The van der Waals surface area contributed by atoms with Crippen molar-refractivity contribution in [2.75, 3.05) is 39.4 Å². The lowest BCUT2D eigenvalue weighted by Crippen LogP contribution is -2.63. The fourth-order valence-electron chi connectivity index (χ4n) is 5.11. The van der Waals surface area contributed by atoms with Crippen LogP contribution in [0.4, 0.5) is 0 Å². The molecular weight excluding hydrogens is 340 g/mol. The van der Waals surface area contributed by atoms with Crippen molar-refractivity contribution in [3.8, 4) is 0 Å². The van der Waals surface area contributed by atoms with E-state index in [2.05, 4.69) is 4.90 Å². The number of carbonyl (C=O) groups excluding carboxylic acids is 1. The zero-order valence-corrected chi connectivity index (χ0v) is 16.2. The van der Waals surface area contributed by atoms with Crippen LogP contribution in [0.15, 0.2) is 30.3 Å². The van der Waals surface area contributed by atoms with Crippen LogP contribution in [0.25, 0.3) is 0 Å². The van der Waals surface area contributed by atoms with E-state index in [-0.39, 0.29) is 11.9 Å². The Balaban J connectivity index is 1.52. The van der Waals surface area contributed by atoms with Crippen LogP contribution in [0, 0.1) is 5.92 Å². The fraction of sp³-hybridized carbons (Fsp3) is 0.682. The fourth-order valence-corrected chi connectivity index (χ4v) is 5.11. The van der Waals surface area contributed by atoms with Gasteiger partial charge in [0, 0.05) is 32.6 Å². The normalized spacial score (nSPS) is 30.6. The van der Waals surface area contributed by atoms with Gasteiger partial charge in [-0.2, -0.15) is 0 Å². The Morgan fingerprint density at radius 3 is 2.52 bits per heavy atom. The van der Waals surface area contributed by atoms with Gasteiger partial charge in [0.15, 0.2) is 0 Å². The predicted octanol–water partition coefficient (Wildman–Crippen LogP) is 2.39. The largest absolute Gasteiger partial charge is 0.383 e. The number of carbonyl (C=O) groups is 1. The lowest BCUT2D eigenvalue weighted by atomic mass is 9.79. The Morgan fingerprint density at radius 2 is 1.81 bits per heavy atom. The van der Waals surface area contributed by atoms with Crippen molar-refractivity contribution in [2.45, 2.75) is 50.2 Å². The zero-order valence-electron chi connectivity index (χ0n) is 16.2. The maximum atomic E-state index is 12.9. The number of nitrogens with zero attached hydrogens (tertiary/aromatic N) is 2. The van der Waals surface area contributed by atoms with E-state index in [1.165, 1.54) is 25.7 Å². The number of hydrogen-bond acceptors (Lipinski definition) is 4. The van der Waals surface area contributed by atoms with E-state index < -0.39 is 5.60 Å². The summed E-state index contributed by atoms with van der Waals surface area (Å²) in [6, 6.07) is 9.91. The number of amides is 1. The molecule has 1 aromatic rings. The van der Waals surface area contributed by atoms with Crippen molar-refractivity contribution in [3.05, 3.63) is 35.9 Å². The van der Waals surface area contributed by atoms with Crippen LogP contribution < -0.4 is 0 Å². The SMILES string of the molecule is O=C(CC1CCCC1)N1CC[C@](O)(c2ccccc2)[C@H](N2CCOCC2)C1. The summed E-state index contributed by atoms with van der Waals surface area (Å²) in [7, 11) is 0. The summed E-state index contributed by atoms with van der Waals surface area (Å²) in [4.78, 5) is 17.3. The number of rotatable bonds is 4. The molecule has 1 N–H and O–H groups in total. The second-order valence-corrected chi connectivity index (χ2v) is 8.40. The number of likely N-dealkylation sites (tertiary alicyclic amines) is 1. The van der Waals surface area contributed by atoms with Gasteiger partial charge in [-0.3, -0.25) is 9.69 Å². The molecule has 0 unspecified atom stereocenters. The van der Waals surface area contributed by atoms with Crippen LogP contribution in [-0.4, -0.2) is 66.2 Å². The molecule has 5 nitrogen and oxygen atoms in total. The van der Waals surface area contributed by atoms with Gasteiger partial charge in [-0.15, -0.1) is 0 Å². The third-order valence-corrected chi connectivity index (χ3v) is 6.76. The summed E-state index contributed by atoms with van der Waals surface area (Å²) in [5, 5.41) is 11.7. The molecule has 1 amide bonds. The first-order valence-corrected chi connectivity index (χ1v) is 10.5. The second kappa shape index (κ2) is 8.29. The van der Waals surface area contributed by atoms with E-state index in [9.17, 15) is 9.90 Å². The lowest BCUT2D eigenvalue weighted by molar-refractivity contribution is -0.148. The minimum atomic E-state index is -0.914. The molecule has 5 heteroatoms. The third-order valence-electron chi connectivity index (χ3n) is 6.76. The smallest absolute Gasteiger partial charge is 0.222 e. The number of hydrogen-bond donors (Lipinski definition) is 1. The molecule has 27 heavy (non-hydrogen) atoms. The minimum absolute atomic E-state index is 0.0786. The van der Waals surface area contributed by atoms with Crippen molar-refractivity contribution in [3.63, 3.8) is 0 Å². The molecule has 4 rings (SSSR count). The van der Waals surface area contributed by atoms with E-state index >= 15 is 0 Å². The molecule has 2 aliphatic heterocycles. The first-order chi connectivity index (χ1) is 13.2. The van der Waals surface area contributed by atoms with Crippen molar-refractivity contribution in [1.29, 1.82) is 0 Å². The van der Waals surface area contributed by atoms with Crippen molar-refractivity contribution >= 4 is 5.91 Å². The third kappa shape index (κ3) is 4.05. The number of morpholine rings is 1. The molecule has 0 bridgehead atoms. The van der Waals surface area contributed by atoms with Gasteiger partial charge in [0.25, 0.3) is 0 Å². The van der Waals surface area contributed by atoms with E-state index in [1.54, 1.807) is 0 Å². The molecule has 0 spiro atoms. The minimum Gasteiger partial charge on any atom is -0.383 e. The Bertz CT molecular complexity index is 626. The molecule has 3 fully saturated rings. The molecule has 148 valence electrons. The van der Waals surface area contributed by atoms with Crippen molar-refractivity contribution < 1.29 is 14.6 Å². The summed E-state index contributed by atoms with van der Waals surface area (Å²) in [6.07, 6.45) is 6.19. The topological polar surface area (TPSA) is 53.0 Å². The molecule has 1 saturated carbocycles. The Hall–Kier alpha value is -1.43. The molecule has 2 atom stereocenters. The summed E-state index contributed by atoms with van der Waals surface area (Å²) in [5.41, 5.74) is 0.0484. The summed E-state index contributed by atoms with van der Waals surface area (Å²) in [5.74, 6) is 0.838. The summed E-state index contributed by atoms with van der Waals surface area (Å²) < 4.78 is 5.52.